The molecule has 0 spiro atoms. The van der Waals surface area contributed by atoms with Crippen LogP contribution in [0.1, 0.15) is 0 Å². The lowest BCUT2D eigenvalue weighted by molar-refractivity contribution is 0.479. The van der Waals surface area contributed by atoms with Crippen LogP contribution in [0.5, 0.6) is 11.5 Å². The second-order valence-corrected chi connectivity index (χ2v) is 5.02. The van der Waals surface area contributed by atoms with Gasteiger partial charge in [0.05, 0.1) is 4.47 Å². The van der Waals surface area contributed by atoms with Gasteiger partial charge in [-0.2, -0.15) is 0 Å². The molecule has 0 aliphatic rings. The summed E-state index contributed by atoms with van der Waals surface area (Å²) in [6, 6.07) is 13.1. The number of halogens is 2. The van der Waals surface area contributed by atoms with Crippen molar-refractivity contribution < 1.29 is 4.74 Å². The Balaban J connectivity index is 2.26. The van der Waals surface area contributed by atoms with Gasteiger partial charge < -0.3 is 10.5 Å². The normalized spacial score (nSPS) is 10.1. The molecule has 0 saturated heterocycles. The van der Waals surface area contributed by atoms with Gasteiger partial charge in [0.15, 0.2) is 0 Å². The van der Waals surface area contributed by atoms with Crippen molar-refractivity contribution in [3.63, 3.8) is 0 Å². The Bertz CT molecular complexity index is 497. The predicted molar refractivity (Wildman–Crippen MR) is 72.8 cm³/mol. The van der Waals surface area contributed by atoms with E-state index in [9.17, 15) is 0 Å². The number of anilines is 1. The molecule has 0 radical (unpaired) electrons. The number of hydrogen-bond acceptors (Lipinski definition) is 2. The highest BCUT2D eigenvalue weighted by Crippen LogP contribution is 2.32. The molecule has 2 nitrogen and oxygen atoms in total. The van der Waals surface area contributed by atoms with E-state index in [4.69, 9.17) is 10.5 Å². The Labute approximate surface area is 111 Å². The molecule has 2 aromatic rings. The number of nitrogen functional groups attached to an aromatic ring is 1. The van der Waals surface area contributed by atoms with E-state index in [0.717, 1.165) is 26.1 Å². The molecule has 0 aliphatic heterocycles. The fourth-order valence-electron chi connectivity index (χ4n) is 1.22. The summed E-state index contributed by atoms with van der Waals surface area (Å²) in [5, 5.41) is 0. The topological polar surface area (TPSA) is 35.2 Å². The van der Waals surface area contributed by atoms with Gasteiger partial charge in [-0.1, -0.05) is 15.9 Å². The minimum absolute atomic E-state index is 0.723. The first-order chi connectivity index (χ1) is 7.65. The Morgan fingerprint density at radius 3 is 2.31 bits per heavy atom. The molecular weight excluding hydrogens is 334 g/mol. The molecule has 0 aliphatic carbocycles. The number of ether oxygens (including phenoxy) is 1. The first-order valence-corrected chi connectivity index (χ1v) is 6.22. The van der Waals surface area contributed by atoms with Crippen LogP contribution < -0.4 is 10.5 Å². The summed E-state index contributed by atoms with van der Waals surface area (Å²) >= 11 is 6.83. The third kappa shape index (κ3) is 2.77. The van der Waals surface area contributed by atoms with Gasteiger partial charge >= 0.3 is 0 Å². The van der Waals surface area contributed by atoms with Gasteiger partial charge in [0.25, 0.3) is 0 Å². The first-order valence-electron chi connectivity index (χ1n) is 4.63. The molecule has 2 aromatic carbocycles. The minimum atomic E-state index is 0.723. The average Bonchev–Trinajstić information content (AvgIpc) is 2.27. The zero-order valence-electron chi connectivity index (χ0n) is 8.28. The average molecular weight is 343 g/mol. The molecule has 0 unspecified atom stereocenters. The molecule has 0 atom stereocenters. The van der Waals surface area contributed by atoms with Crippen molar-refractivity contribution in [3.8, 4) is 11.5 Å². The predicted octanol–water partition coefficient (Wildman–Crippen LogP) is 4.59. The van der Waals surface area contributed by atoms with E-state index in [1.54, 1.807) is 12.1 Å². The van der Waals surface area contributed by atoms with Crippen molar-refractivity contribution in [1.82, 2.24) is 0 Å². The second kappa shape index (κ2) is 4.89. The van der Waals surface area contributed by atoms with Crippen molar-refractivity contribution in [1.29, 1.82) is 0 Å². The summed E-state index contributed by atoms with van der Waals surface area (Å²) in [5.74, 6) is 1.52. The molecule has 0 aromatic heterocycles. The first kappa shape index (κ1) is 11.5. The Morgan fingerprint density at radius 1 is 0.938 bits per heavy atom. The fourth-order valence-corrected chi connectivity index (χ4v) is 1.89. The van der Waals surface area contributed by atoms with Crippen molar-refractivity contribution in [2.45, 2.75) is 0 Å². The Kier molecular flexibility index (Phi) is 3.51. The van der Waals surface area contributed by atoms with Crippen molar-refractivity contribution in [3.05, 3.63) is 51.4 Å². The lowest BCUT2D eigenvalue weighted by Crippen LogP contribution is -1.87. The van der Waals surface area contributed by atoms with E-state index in [0.29, 0.717) is 0 Å². The lowest BCUT2D eigenvalue weighted by atomic mass is 10.3. The molecule has 0 amide bonds. The summed E-state index contributed by atoms with van der Waals surface area (Å²) in [6.45, 7) is 0. The van der Waals surface area contributed by atoms with Crippen LogP contribution in [0.2, 0.25) is 0 Å². The van der Waals surface area contributed by atoms with Crippen LogP contribution in [-0.4, -0.2) is 0 Å². The highest BCUT2D eigenvalue weighted by molar-refractivity contribution is 9.11. The molecule has 16 heavy (non-hydrogen) atoms. The second-order valence-electron chi connectivity index (χ2n) is 3.25. The van der Waals surface area contributed by atoms with Gasteiger partial charge in [-0.3, -0.25) is 0 Å². The van der Waals surface area contributed by atoms with Crippen LogP contribution in [0.4, 0.5) is 5.69 Å². The molecule has 2 rings (SSSR count). The van der Waals surface area contributed by atoms with E-state index in [1.165, 1.54) is 0 Å². The molecule has 0 heterocycles. The summed E-state index contributed by atoms with van der Waals surface area (Å²) in [6.07, 6.45) is 0. The molecule has 82 valence electrons. The number of nitrogens with two attached hydrogens (primary N) is 1. The summed E-state index contributed by atoms with van der Waals surface area (Å²) in [7, 11) is 0. The van der Waals surface area contributed by atoms with Gasteiger partial charge in [0.2, 0.25) is 0 Å². The molecule has 0 fully saturated rings. The van der Waals surface area contributed by atoms with Crippen LogP contribution >= 0.6 is 31.9 Å². The number of benzene rings is 2. The van der Waals surface area contributed by atoms with E-state index in [1.807, 2.05) is 30.3 Å². The quantitative estimate of drug-likeness (QED) is 0.810. The maximum absolute atomic E-state index is 5.71. The van der Waals surface area contributed by atoms with E-state index in [-0.39, 0.29) is 0 Å². The molecule has 4 heteroatoms. The molecule has 2 N–H and O–H groups in total. The van der Waals surface area contributed by atoms with E-state index >= 15 is 0 Å². The van der Waals surface area contributed by atoms with Crippen LogP contribution in [0.3, 0.4) is 0 Å². The van der Waals surface area contributed by atoms with Gasteiger partial charge in [-0.25, -0.2) is 0 Å². The maximum Gasteiger partial charge on any atom is 0.142 e. The molecular formula is C12H9Br2NO. The van der Waals surface area contributed by atoms with Crippen molar-refractivity contribution >= 4 is 37.5 Å². The largest absolute Gasteiger partial charge is 0.456 e. The fraction of sp³-hybridized carbons (Fsp3) is 0. The van der Waals surface area contributed by atoms with Gasteiger partial charge in [0, 0.05) is 10.2 Å². The summed E-state index contributed by atoms with van der Waals surface area (Å²) in [5.41, 5.74) is 6.32. The lowest BCUT2D eigenvalue weighted by Gasteiger charge is -2.08. The Morgan fingerprint density at radius 2 is 1.62 bits per heavy atom. The molecule has 0 bridgehead atoms. The summed E-state index contributed by atoms with van der Waals surface area (Å²) < 4.78 is 7.60. The highest BCUT2D eigenvalue weighted by Gasteiger charge is 2.03. The third-order valence-corrected chi connectivity index (χ3v) is 3.15. The maximum atomic E-state index is 5.71. The molecule has 0 saturated carbocycles. The van der Waals surface area contributed by atoms with E-state index in [2.05, 4.69) is 31.9 Å². The Hall–Kier alpha value is -1.00. The van der Waals surface area contributed by atoms with Crippen molar-refractivity contribution in [2.75, 3.05) is 5.73 Å². The standard InChI is InChI=1S/C12H9Br2NO/c13-8-1-6-11(14)12(7-8)16-10-4-2-9(15)3-5-10/h1-7H,15H2. The monoisotopic (exact) mass is 341 g/mol. The third-order valence-electron chi connectivity index (χ3n) is 2.00. The van der Waals surface area contributed by atoms with Crippen LogP contribution in [-0.2, 0) is 0 Å². The smallest absolute Gasteiger partial charge is 0.142 e. The van der Waals surface area contributed by atoms with Crippen molar-refractivity contribution in [2.24, 2.45) is 0 Å². The zero-order valence-corrected chi connectivity index (χ0v) is 11.5. The highest BCUT2D eigenvalue weighted by atomic mass is 79.9. The minimum Gasteiger partial charge on any atom is -0.456 e. The number of rotatable bonds is 2. The van der Waals surface area contributed by atoms with Gasteiger partial charge in [0.1, 0.15) is 11.5 Å². The zero-order chi connectivity index (χ0) is 11.5. The van der Waals surface area contributed by atoms with E-state index < -0.39 is 0 Å². The number of hydrogen-bond donors (Lipinski definition) is 1. The van der Waals surface area contributed by atoms with Gasteiger partial charge in [-0.05, 0) is 58.4 Å². The summed E-state index contributed by atoms with van der Waals surface area (Å²) in [4.78, 5) is 0. The van der Waals surface area contributed by atoms with Crippen LogP contribution in [0.25, 0.3) is 0 Å². The van der Waals surface area contributed by atoms with Crippen LogP contribution in [0.15, 0.2) is 51.4 Å². The van der Waals surface area contributed by atoms with Crippen LogP contribution in [0, 0.1) is 0 Å². The SMILES string of the molecule is Nc1ccc(Oc2cc(Br)ccc2Br)cc1. The van der Waals surface area contributed by atoms with Gasteiger partial charge in [-0.15, -0.1) is 0 Å².